The number of pyridine rings is 1. The zero-order valence-corrected chi connectivity index (χ0v) is 10.8. The van der Waals surface area contributed by atoms with Gasteiger partial charge in [0.15, 0.2) is 5.84 Å². The molecule has 7 heteroatoms. The normalized spacial score (nSPS) is 11.5. The van der Waals surface area contributed by atoms with Crippen molar-refractivity contribution in [2.45, 2.75) is 0 Å². The topological polar surface area (TPSA) is 107 Å². The van der Waals surface area contributed by atoms with Gasteiger partial charge < -0.3 is 15.7 Å². The molecule has 2 heterocycles. The van der Waals surface area contributed by atoms with Crippen LogP contribution in [0.3, 0.4) is 0 Å². The molecule has 0 atom stereocenters. The molecule has 0 saturated heterocycles. The molecule has 21 heavy (non-hydrogen) atoms. The fourth-order valence-electron chi connectivity index (χ4n) is 1.86. The van der Waals surface area contributed by atoms with Gasteiger partial charge in [-0.2, -0.15) is 5.10 Å². The summed E-state index contributed by atoms with van der Waals surface area (Å²) in [7, 11) is 0. The van der Waals surface area contributed by atoms with Crippen molar-refractivity contribution < 1.29 is 9.94 Å². The number of hydrogen-bond donors (Lipinski definition) is 2. The Morgan fingerprint density at radius 1 is 1.24 bits per heavy atom. The van der Waals surface area contributed by atoms with E-state index in [4.69, 9.17) is 15.7 Å². The molecule has 7 nitrogen and oxygen atoms in total. The number of aromatic nitrogens is 3. The average molecular weight is 281 g/mol. The fourth-order valence-corrected chi connectivity index (χ4v) is 1.86. The molecule has 0 spiro atoms. The summed E-state index contributed by atoms with van der Waals surface area (Å²) in [5.41, 5.74) is 6.79. The molecular weight excluding hydrogens is 270 g/mol. The Balaban J connectivity index is 1.99. The van der Waals surface area contributed by atoms with E-state index in [1.54, 1.807) is 12.3 Å². The average Bonchev–Trinajstić information content (AvgIpc) is 2.54. The van der Waals surface area contributed by atoms with Gasteiger partial charge in [-0.3, -0.25) is 4.98 Å². The molecule has 0 amide bonds. The van der Waals surface area contributed by atoms with E-state index in [1.807, 2.05) is 30.3 Å². The third-order valence-electron chi connectivity index (χ3n) is 2.85. The lowest BCUT2D eigenvalue weighted by Gasteiger charge is -2.08. The van der Waals surface area contributed by atoms with Crippen molar-refractivity contribution in [1.29, 1.82) is 0 Å². The zero-order chi connectivity index (χ0) is 14.7. The Kier molecular flexibility index (Phi) is 3.30. The third-order valence-corrected chi connectivity index (χ3v) is 2.85. The highest BCUT2D eigenvalue weighted by Crippen LogP contribution is 2.24. The first-order valence-corrected chi connectivity index (χ1v) is 6.10. The molecule has 0 aliphatic heterocycles. The van der Waals surface area contributed by atoms with E-state index in [9.17, 15) is 0 Å². The number of amidine groups is 1. The predicted octanol–water partition coefficient (Wildman–Crippen LogP) is 1.91. The predicted molar refractivity (Wildman–Crippen MR) is 76.4 cm³/mol. The molecule has 0 unspecified atom stereocenters. The smallest absolute Gasteiger partial charge is 0.250 e. The number of benzene rings is 1. The lowest BCUT2D eigenvalue weighted by molar-refractivity contribution is 0.318. The van der Waals surface area contributed by atoms with E-state index in [1.165, 1.54) is 6.20 Å². The third kappa shape index (κ3) is 2.57. The molecule has 3 N–H and O–H groups in total. The van der Waals surface area contributed by atoms with Crippen molar-refractivity contribution in [3.05, 3.63) is 54.4 Å². The second kappa shape index (κ2) is 5.41. The van der Waals surface area contributed by atoms with Crippen molar-refractivity contribution in [3.8, 4) is 11.6 Å². The number of oxime groups is 1. The number of para-hydroxylation sites is 1. The van der Waals surface area contributed by atoms with Crippen LogP contribution in [-0.4, -0.2) is 26.2 Å². The number of hydrogen-bond acceptors (Lipinski definition) is 6. The first-order chi connectivity index (χ1) is 10.3. The summed E-state index contributed by atoms with van der Waals surface area (Å²) in [5.74, 6) is 0.528. The monoisotopic (exact) mass is 281 g/mol. The molecular formula is C14H11N5O2. The number of nitrogens with two attached hydrogens (primary N) is 1. The van der Waals surface area contributed by atoms with Gasteiger partial charge in [0.2, 0.25) is 5.88 Å². The van der Waals surface area contributed by atoms with Crippen LogP contribution < -0.4 is 10.5 Å². The summed E-state index contributed by atoms with van der Waals surface area (Å²) in [6.07, 6.45) is 3.01. The van der Waals surface area contributed by atoms with Crippen LogP contribution in [0.1, 0.15) is 5.56 Å². The molecule has 0 radical (unpaired) electrons. The maximum atomic E-state index is 8.77. The highest BCUT2D eigenvalue weighted by Gasteiger charge is 2.11. The second-order valence-corrected chi connectivity index (χ2v) is 4.20. The Morgan fingerprint density at radius 2 is 2.10 bits per heavy atom. The van der Waals surface area contributed by atoms with E-state index >= 15 is 0 Å². The highest BCUT2D eigenvalue weighted by atomic mass is 16.5. The Bertz CT molecular complexity index is 819. The molecule has 0 fully saturated rings. The molecule has 0 aliphatic rings. The summed E-state index contributed by atoms with van der Waals surface area (Å²) in [6, 6.07) is 11.0. The van der Waals surface area contributed by atoms with Gasteiger partial charge in [-0.25, -0.2) is 0 Å². The van der Waals surface area contributed by atoms with Crippen molar-refractivity contribution in [2.24, 2.45) is 10.9 Å². The van der Waals surface area contributed by atoms with Crippen molar-refractivity contribution in [2.75, 3.05) is 0 Å². The van der Waals surface area contributed by atoms with Crippen LogP contribution in [0.25, 0.3) is 10.9 Å². The van der Waals surface area contributed by atoms with Gasteiger partial charge in [0.25, 0.3) is 0 Å². The molecule has 0 saturated carbocycles. The number of fused-ring (bicyclic) bond motifs is 1. The van der Waals surface area contributed by atoms with E-state index in [-0.39, 0.29) is 11.7 Å². The first-order valence-electron chi connectivity index (χ1n) is 6.10. The van der Waals surface area contributed by atoms with Crippen LogP contribution in [0.4, 0.5) is 0 Å². The molecule has 1 aromatic carbocycles. The van der Waals surface area contributed by atoms with Crippen molar-refractivity contribution in [3.63, 3.8) is 0 Å². The minimum Gasteiger partial charge on any atom is -0.435 e. The molecule has 0 bridgehead atoms. The van der Waals surface area contributed by atoms with E-state index in [0.29, 0.717) is 11.3 Å². The highest BCUT2D eigenvalue weighted by molar-refractivity contribution is 5.99. The van der Waals surface area contributed by atoms with Gasteiger partial charge in [-0.1, -0.05) is 23.4 Å². The lowest BCUT2D eigenvalue weighted by atomic mass is 10.2. The van der Waals surface area contributed by atoms with Crippen LogP contribution in [0.5, 0.6) is 11.6 Å². The van der Waals surface area contributed by atoms with Gasteiger partial charge >= 0.3 is 0 Å². The summed E-state index contributed by atoms with van der Waals surface area (Å²) in [6.45, 7) is 0. The minimum absolute atomic E-state index is 0.103. The van der Waals surface area contributed by atoms with Crippen LogP contribution in [-0.2, 0) is 0 Å². The quantitative estimate of drug-likeness (QED) is 0.329. The molecule has 3 rings (SSSR count). The first kappa shape index (κ1) is 12.8. The Hall–Kier alpha value is -3.22. The maximum Gasteiger partial charge on any atom is 0.250 e. The molecule has 2 aromatic heterocycles. The summed E-state index contributed by atoms with van der Waals surface area (Å²) >= 11 is 0. The molecule has 3 aromatic rings. The summed E-state index contributed by atoms with van der Waals surface area (Å²) < 4.78 is 5.63. The van der Waals surface area contributed by atoms with Gasteiger partial charge in [0, 0.05) is 5.39 Å². The molecule has 104 valence electrons. The van der Waals surface area contributed by atoms with E-state index in [2.05, 4.69) is 20.3 Å². The fraction of sp³-hybridized carbons (Fsp3) is 0. The van der Waals surface area contributed by atoms with Crippen LogP contribution in [0.2, 0.25) is 0 Å². The van der Waals surface area contributed by atoms with Gasteiger partial charge in [-0.15, -0.1) is 5.10 Å². The second-order valence-electron chi connectivity index (χ2n) is 4.20. The minimum atomic E-state index is -0.103. The van der Waals surface area contributed by atoms with Gasteiger partial charge in [0.1, 0.15) is 5.75 Å². The van der Waals surface area contributed by atoms with Crippen LogP contribution >= 0.6 is 0 Å². The lowest BCUT2D eigenvalue weighted by Crippen LogP contribution is -2.15. The van der Waals surface area contributed by atoms with Gasteiger partial charge in [-0.05, 0) is 18.2 Å². The Labute approximate surface area is 119 Å². The standard InChI is InChI=1S/C14H11N5O2/c15-13(19-20)11-5-6-17-18-14(11)21-10-7-9-3-1-2-4-12(9)16-8-10/h1-8,20H,(H2,15,19). The van der Waals surface area contributed by atoms with E-state index < -0.39 is 0 Å². The summed E-state index contributed by atoms with van der Waals surface area (Å²) in [4.78, 5) is 4.29. The maximum absolute atomic E-state index is 8.77. The van der Waals surface area contributed by atoms with E-state index in [0.717, 1.165) is 10.9 Å². The number of rotatable bonds is 3. The van der Waals surface area contributed by atoms with Crippen molar-refractivity contribution >= 4 is 16.7 Å². The largest absolute Gasteiger partial charge is 0.435 e. The Morgan fingerprint density at radius 3 is 2.95 bits per heavy atom. The van der Waals surface area contributed by atoms with Crippen molar-refractivity contribution in [1.82, 2.24) is 15.2 Å². The SMILES string of the molecule is N/C(=N/O)c1ccnnc1Oc1cnc2ccccc2c1. The number of ether oxygens (including phenoxy) is 1. The molecule has 0 aliphatic carbocycles. The zero-order valence-electron chi connectivity index (χ0n) is 10.8. The van der Waals surface area contributed by atoms with Crippen LogP contribution in [0, 0.1) is 0 Å². The number of nitrogens with zero attached hydrogens (tertiary/aromatic N) is 4. The van der Waals surface area contributed by atoms with Gasteiger partial charge in [0.05, 0.1) is 23.5 Å². The van der Waals surface area contributed by atoms with Crippen LogP contribution in [0.15, 0.2) is 53.9 Å². The summed E-state index contributed by atoms with van der Waals surface area (Å²) in [5, 5.41) is 20.2.